The maximum absolute atomic E-state index is 12.6. The van der Waals surface area contributed by atoms with E-state index in [0.717, 1.165) is 12.1 Å². The molecule has 118 valence electrons. The monoisotopic (exact) mass is 328 g/mol. The van der Waals surface area contributed by atoms with Gasteiger partial charge in [0.05, 0.1) is 12.2 Å². The van der Waals surface area contributed by atoms with Gasteiger partial charge in [-0.15, -0.1) is 0 Å². The fraction of sp³-hybridized carbons (Fsp3) is 0.417. The number of anilines is 1. The van der Waals surface area contributed by atoms with E-state index in [0.29, 0.717) is 0 Å². The van der Waals surface area contributed by atoms with Gasteiger partial charge in [-0.25, -0.2) is 8.78 Å². The van der Waals surface area contributed by atoms with Crippen molar-refractivity contribution in [2.24, 2.45) is 5.73 Å². The molecule has 0 fully saturated rings. The summed E-state index contributed by atoms with van der Waals surface area (Å²) < 4.78 is 66.1. The highest BCUT2D eigenvalue weighted by Gasteiger charge is 2.31. The van der Waals surface area contributed by atoms with Crippen LogP contribution in [0.5, 0.6) is 0 Å². The summed E-state index contributed by atoms with van der Waals surface area (Å²) in [4.78, 5) is -0.197. The Morgan fingerprint density at radius 2 is 2.00 bits per heavy atom. The second-order valence-electron chi connectivity index (χ2n) is 4.02. The standard InChI is InChI=1S/C12H13F5N2OS/c13-10(14)6-20-4-3-19-9-2-1-7(12(15,16)17)5-8(9)11(18)21/h1-2,5,10,19H,3-4,6H2,(H2,18,21). The largest absolute Gasteiger partial charge is 0.416 e. The second kappa shape index (κ2) is 7.51. The molecule has 0 heterocycles. The van der Waals surface area contributed by atoms with Crippen LogP contribution in [0.15, 0.2) is 18.2 Å². The third-order valence-electron chi connectivity index (χ3n) is 2.42. The minimum atomic E-state index is -4.50. The molecule has 1 aromatic carbocycles. The molecule has 0 saturated carbocycles. The molecule has 0 aliphatic carbocycles. The minimum Gasteiger partial charge on any atom is -0.389 e. The van der Waals surface area contributed by atoms with Crippen molar-refractivity contribution in [3.63, 3.8) is 0 Å². The Morgan fingerprint density at radius 3 is 2.52 bits per heavy atom. The lowest BCUT2D eigenvalue weighted by atomic mass is 10.1. The number of thiocarbonyl (C=S) groups is 1. The molecule has 1 aromatic rings. The van der Waals surface area contributed by atoms with Crippen molar-refractivity contribution in [1.29, 1.82) is 0 Å². The average Bonchev–Trinajstić information content (AvgIpc) is 2.36. The maximum atomic E-state index is 12.6. The third-order valence-corrected chi connectivity index (χ3v) is 2.64. The van der Waals surface area contributed by atoms with Crippen molar-refractivity contribution in [3.8, 4) is 0 Å². The first-order chi connectivity index (χ1) is 9.71. The third kappa shape index (κ3) is 5.80. The number of ether oxygens (including phenoxy) is 1. The first kappa shape index (κ1) is 17.6. The van der Waals surface area contributed by atoms with E-state index in [4.69, 9.17) is 18.0 Å². The molecule has 0 bridgehead atoms. The van der Waals surface area contributed by atoms with Gasteiger partial charge in [0.1, 0.15) is 11.6 Å². The summed E-state index contributed by atoms with van der Waals surface area (Å²) in [5.74, 6) is 0. The molecule has 9 heteroatoms. The fourth-order valence-electron chi connectivity index (χ4n) is 1.51. The Balaban J connectivity index is 2.72. The zero-order valence-electron chi connectivity index (χ0n) is 10.7. The quantitative estimate of drug-likeness (QED) is 0.459. The Hall–Kier alpha value is -1.48. The highest BCUT2D eigenvalue weighted by Crippen LogP contribution is 2.31. The van der Waals surface area contributed by atoms with Gasteiger partial charge in [0.25, 0.3) is 6.43 Å². The van der Waals surface area contributed by atoms with E-state index < -0.39 is 24.8 Å². The summed E-state index contributed by atoms with van der Waals surface area (Å²) in [6, 6.07) is 2.90. The van der Waals surface area contributed by atoms with Crippen LogP contribution in [0.3, 0.4) is 0 Å². The number of alkyl halides is 5. The molecule has 0 unspecified atom stereocenters. The summed E-state index contributed by atoms with van der Waals surface area (Å²) in [5.41, 5.74) is 4.84. The van der Waals surface area contributed by atoms with Crippen molar-refractivity contribution in [2.75, 3.05) is 25.1 Å². The molecule has 0 saturated heterocycles. The first-order valence-electron chi connectivity index (χ1n) is 5.82. The summed E-state index contributed by atoms with van der Waals surface area (Å²) in [6.07, 6.45) is -7.07. The molecular formula is C12H13F5N2OS. The number of hydrogen-bond donors (Lipinski definition) is 2. The van der Waals surface area contributed by atoms with E-state index in [2.05, 4.69) is 10.1 Å². The number of benzene rings is 1. The molecular weight excluding hydrogens is 315 g/mol. The lowest BCUT2D eigenvalue weighted by molar-refractivity contribution is -0.137. The highest BCUT2D eigenvalue weighted by atomic mass is 32.1. The van der Waals surface area contributed by atoms with Crippen LogP contribution in [-0.4, -0.2) is 31.2 Å². The van der Waals surface area contributed by atoms with E-state index in [1.165, 1.54) is 6.07 Å². The van der Waals surface area contributed by atoms with E-state index >= 15 is 0 Å². The van der Waals surface area contributed by atoms with Gasteiger partial charge < -0.3 is 15.8 Å². The Labute approximate surface area is 123 Å². The lowest BCUT2D eigenvalue weighted by Crippen LogP contribution is -2.18. The van der Waals surface area contributed by atoms with Crippen LogP contribution in [0.25, 0.3) is 0 Å². The van der Waals surface area contributed by atoms with Crippen LogP contribution in [0.4, 0.5) is 27.6 Å². The predicted octanol–water partition coefficient (Wildman–Crippen LogP) is 3.03. The van der Waals surface area contributed by atoms with Gasteiger partial charge in [0.2, 0.25) is 0 Å². The van der Waals surface area contributed by atoms with Crippen LogP contribution in [0, 0.1) is 0 Å². The number of halogens is 5. The molecule has 0 amide bonds. The predicted molar refractivity (Wildman–Crippen MR) is 72.6 cm³/mol. The molecule has 0 spiro atoms. The molecule has 0 aliphatic heterocycles. The van der Waals surface area contributed by atoms with E-state index in [-0.39, 0.29) is 29.4 Å². The molecule has 0 radical (unpaired) electrons. The van der Waals surface area contributed by atoms with Crippen molar-refractivity contribution in [3.05, 3.63) is 29.3 Å². The van der Waals surface area contributed by atoms with Crippen LogP contribution < -0.4 is 11.1 Å². The van der Waals surface area contributed by atoms with Gasteiger partial charge in [0.15, 0.2) is 0 Å². The van der Waals surface area contributed by atoms with E-state index in [1.54, 1.807) is 0 Å². The SMILES string of the molecule is NC(=S)c1cc(C(F)(F)F)ccc1NCCOCC(F)F. The summed E-state index contributed by atoms with van der Waals surface area (Å²) >= 11 is 4.71. The van der Waals surface area contributed by atoms with Crippen molar-refractivity contribution >= 4 is 22.9 Å². The summed E-state index contributed by atoms with van der Waals surface area (Å²) in [7, 11) is 0. The highest BCUT2D eigenvalue weighted by molar-refractivity contribution is 7.80. The van der Waals surface area contributed by atoms with Crippen LogP contribution in [0.1, 0.15) is 11.1 Å². The van der Waals surface area contributed by atoms with Gasteiger partial charge >= 0.3 is 6.18 Å². The molecule has 0 atom stereocenters. The first-order valence-corrected chi connectivity index (χ1v) is 6.23. The lowest BCUT2D eigenvalue weighted by Gasteiger charge is -2.14. The number of nitrogens with two attached hydrogens (primary N) is 1. The summed E-state index contributed by atoms with van der Waals surface area (Å²) in [6.45, 7) is -0.591. The van der Waals surface area contributed by atoms with Crippen molar-refractivity contribution in [1.82, 2.24) is 0 Å². The van der Waals surface area contributed by atoms with Gasteiger partial charge in [-0.3, -0.25) is 0 Å². The molecule has 3 N–H and O–H groups in total. The van der Waals surface area contributed by atoms with Crippen molar-refractivity contribution in [2.45, 2.75) is 12.6 Å². The molecule has 3 nitrogen and oxygen atoms in total. The van der Waals surface area contributed by atoms with Crippen LogP contribution in [0.2, 0.25) is 0 Å². The molecule has 0 aliphatic rings. The Bertz CT molecular complexity index is 493. The molecule has 0 aromatic heterocycles. The van der Waals surface area contributed by atoms with Crippen molar-refractivity contribution < 1.29 is 26.7 Å². The Kier molecular flexibility index (Phi) is 6.28. The van der Waals surface area contributed by atoms with Gasteiger partial charge in [-0.05, 0) is 18.2 Å². The minimum absolute atomic E-state index is 0.0257. The molecule has 1 rings (SSSR count). The Morgan fingerprint density at radius 1 is 1.33 bits per heavy atom. The van der Waals surface area contributed by atoms with Gasteiger partial charge in [-0.1, -0.05) is 12.2 Å². The van der Waals surface area contributed by atoms with Crippen LogP contribution >= 0.6 is 12.2 Å². The summed E-state index contributed by atoms with van der Waals surface area (Å²) in [5, 5.41) is 2.74. The van der Waals surface area contributed by atoms with Gasteiger partial charge in [-0.2, -0.15) is 13.2 Å². The number of nitrogens with one attached hydrogen (secondary N) is 1. The zero-order valence-corrected chi connectivity index (χ0v) is 11.5. The normalized spacial score (nSPS) is 11.7. The average molecular weight is 328 g/mol. The van der Waals surface area contributed by atoms with E-state index in [1.807, 2.05) is 0 Å². The van der Waals surface area contributed by atoms with Gasteiger partial charge in [0, 0.05) is 17.8 Å². The molecule has 21 heavy (non-hydrogen) atoms. The maximum Gasteiger partial charge on any atom is 0.416 e. The number of rotatable bonds is 7. The smallest absolute Gasteiger partial charge is 0.389 e. The fourth-order valence-corrected chi connectivity index (χ4v) is 1.68. The number of hydrogen-bond acceptors (Lipinski definition) is 3. The zero-order chi connectivity index (χ0) is 16.0. The van der Waals surface area contributed by atoms with E-state index in [9.17, 15) is 22.0 Å². The van der Waals surface area contributed by atoms with Crippen LogP contribution in [-0.2, 0) is 10.9 Å². The topological polar surface area (TPSA) is 47.3 Å². The second-order valence-corrected chi connectivity index (χ2v) is 4.45.